The van der Waals surface area contributed by atoms with E-state index < -0.39 is 6.10 Å². The number of carbonyl (C=O) groups is 2. The molecule has 0 aromatic heterocycles. The van der Waals surface area contributed by atoms with Gasteiger partial charge in [-0.05, 0) is 83.5 Å². The van der Waals surface area contributed by atoms with Crippen LogP contribution in [0.5, 0.6) is 0 Å². The fourth-order valence-corrected chi connectivity index (χ4v) is 4.88. The van der Waals surface area contributed by atoms with Crippen LogP contribution in [0.3, 0.4) is 0 Å². The summed E-state index contributed by atoms with van der Waals surface area (Å²) >= 11 is 0. The predicted molar refractivity (Wildman–Crippen MR) is 196 cm³/mol. The summed E-state index contributed by atoms with van der Waals surface area (Å²) in [5.41, 5.74) is 0. The number of allylic oxidation sites excluding steroid dienone is 10. The van der Waals surface area contributed by atoms with Crippen LogP contribution in [0.25, 0.3) is 0 Å². The van der Waals surface area contributed by atoms with Gasteiger partial charge in [0.05, 0.1) is 6.61 Å². The first-order valence-electron chi connectivity index (χ1n) is 18.8. The Morgan fingerprint density at radius 2 is 0.870 bits per heavy atom. The minimum absolute atomic E-state index is 0.0911. The Morgan fingerprint density at radius 3 is 1.35 bits per heavy atom. The fourth-order valence-electron chi connectivity index (χ4n) is 4.88. The van der Waals surface area contributed by atoms with Gasteiger partial charge in [-0.2, -0.15) is 0 Å². The molecule has 0 aromatic carbocycles. The summed E-state index contributed by atoms with van der Waals surface area (Å²) in [6.45, 7) is 4.03. The van der Waals surface area contributed by atoms with Gasteiger partial charge in [-0.1, -0.05) is 132 Å². The van der Waals surface area contributed by atoms with Gasteiger partial charge in [0.25, 0.3) is 0 Å². The van der Waals surface area contributed by atoms with E-state index in [-0.39, 0.29) is 25.2 Å². The molecule has 0 saturated carbocycles. The molecule has 0 aliphatic heterocycles. The number of ether oxygens (including phenoxy) is 2. The molecule has 5 nitrogen and oxygen atoms in total. The number of unbranched alkanes of at least 4 members (excludes halogenated alkanes) is 15. The largest absolute Gasteiger partial charge is 0.462 e. The minimum atomic E-state index is -0.792. The molecule has 0 aliphatic rings. The molecule has 0 heterocycles. The zero-order valence-electron chi connectivity index (χ0n) is 29.8. The van der Waals surface area contributed by atoms with E-state index in [4.69, 9.17) is 9.47 Å². The second-order valence-electron chi connectivity index (χ2n) is 12.3. The summed E-state index contributed by atoms with van der Waals surface area (Å²) in [7, 11) is 0. The molecule has 0 unspecified atom stereocenters. The molecule has 0 rings (SSSR count). The monoisotopic (exact) mass is 643 g/mol. The van der Waals surface area contributed by atoms with Gasteiger partial charge in [0.15, 0.2) is 6.10 Å². The molecule has 0 amide bonds. The zero-order valence-corrected chi connectivity index (χ0v) is 29.8. The first-order chi connectivity index (χ1) is 22.6. The van der Waals surface area contributed by atoms with E-state index in [1.807, 2.05) is 0 Å². The van der Waals surface area contributed by atoms with Crippen LogP contribution in [0.2, 0.25) is 0 Å². The minimum Gasteiger partial charge on any atom is -0.462 e. The smallest absolute Gasteiger partial charge is 0.306 e. The topological polar surface area (TPSA) is 72.8 Å². The van der Waals surface area contributed by atoms with E-state index in [1.54, 1.807) is 0 Å². The van der Waals surface area contributed by atoms with Gasteiger partial charge < -0.3 is 14.6 Å². The molecular weight excluding hydrogens is 572 g/mol. The summed E-state index contributed by atoms with van der Waals surface area (Å²) in [5.74, 6) is -0.649. The van der Waals surface area contributed by atoms with Crippen molar-refractivity contribution in [2.75, 3.05) is 13.2 Å². The Morgan fingerprint density at radius 1 is 0.500 bits per heavy atom. The number of aliphatic hydroxyl groups is 1. The SMILES string of the molecule is CCCCCC=CCC=CCC=CCCCCC(=O)OC[C@H](CO)OC(=O)CCCCCCCCCC=CCC=CCCCCC. The lowest BCUT2D eigenvalue weighted by Gasteiger charge is -2.15. The third kappa shape index (κ3) is 34.5. The lowest BCUT2D eigenvalue weighted by molar-refractivity contribution is -0.161. The first-order valence-corrected chi connectivity index (χ1v) is 18.8. The molecular formula is C41H70O5. The van der Waals surface area contributed by atoms with Crippen LogP contribution in [0.15, 0.2) is 60.8 Å². The maximum Gasteiger partial charge on any atom is 0.306 e. The van der Waals surface area contributed by atoms with Gasteiger partial charge in [-0.3, -0.25) is 9.59 Å². The number of rotatable bonds is 33. The van der Waals surface area contributed by atoms with Crippen molar-refractivity contribution < 1.29 is 24.2 Å². The van der Waals surface area contributed by atoms with Crippen LogP contribution in [-0.2, 0) is 19.1 Å². The molecule has 0 saturated heterocycles. The second-order valence-corrected chi connectivity index (χ2v) is 12.3. The van der Waals surface area contributed by atoms with Crippen molar-refractivity contribution in [2.24, 2.45) is 0 Å². The Balaban J connectivity index is 3.66. The Hall–Kier alpha value is -2.40. The van der Waals surface area contributed by atoms with Gasteiger partial charge in [-0.25, -0.2) is 0 Å². The Bertz CT molecular complexity index is 823. The number of aliphatic hydroxyl groups excluding tert-OH is 1. The lowest BCUT2D eigenvalue weighted by atomic mass is 10.1. The molecule has 46 heavy (non-hydrogen) atoms. The van der Waals surface area contributed by atoms with Gasteiger partial charge in [-0.15, -0.1) is 0 Å². The van der Waals surface area contributed by atoms with E-state index >= 15 is 0 Å². The first kappa shape index (κ1) is 43.6. The van der Waals surface area contributed by atoms with Gasteiger partial charge in [0, 0.05) is 12.8 Å². The Labute approximate surface area is 283 Å². The van der Waals surface area contributed by atoms with Crippen LogP contribution < -0.4 is 0 Å². The standard InChI is InChI=1S/C41H70O5/c1-3-5-7-9-11-13-15-17-19-20-22-24-26-28-30-32-34-36-41(44)46-39(37-42)38-45-40(43)35-33-31-29-27-25-23-21-18-16-14-12-10-8-6-4-2/h11-14,17-19,21,25,27,39,42H,3-10,15-16,20,22-24,26,28-38H2,1-2H3/t39-/m0/s1. The number of esters is 2. The average molecular weight is 643 g/mol. The van der Waals surface area contributed by atoms with E-state index in [0.29, 0.717) is 12.8 Å². The number of hydrogen-bond acceptors (Lipinski definition) is 5. The highest BCUT2D eigenvalue weighted by Crippen LogP contribution is 2.12. The molecule has 0 radical (unpaired) electrons. The van der Waals surface area contributed by atoms with Gasteiger partial charge in [0.1, 0.15) is 6.61 Å². The highest BCUT2D eigenvalue weighted by molar-refractivity contribution is 5.70. The number of carbonyl (C=O) groups excluding carboxylic acids is 2. The molecule has 5 heteroatoms. The molecule has 0 bridgehead atoms. The van der Waals surface area contributed by atoms with E-state index in [2.05, 4.69) is 74.6 Å². The normalized spacial score (nSPS) is 12.8. The summed E-state index contributed by atoms with van der Waals surface area (Å²) in [4.78, 5) is 24.2. The summed E-state index contributed by atoms with van der Waals surface area (Å²) in [5, 5.41) is 9.53. The molecule has 0 aliphatic carbocycles. The van der Waals surface area contributed by atoms with Crippen LogP contribution in [0.1, 0.15) is 168 Å². The maximum absolute atomic E-state index is 12.1. The van der Waals surface area contributed by atoms with Gasteiger partial charge in [0.2, 0.25) is 0 Å². The summed E-state index contributed by atoms with van der Waals surface area (Å²) in [6.07, 6.45) is 47.0. The van der Waals surface area contributed by atoms with Crippen LogP contribution in [0.4, 0.5) is 0 Å². The number of hydrogen-bond donors (Lipinski definition) is 1. The van der Waals surface area contributed by atoms with Gasteiger partial charge >= 0.3 is 11.9 Å². The highest BCUT2D eigenvalue weighted by atomic mass is 16.6. The zero-order chi connectivity index (χ0) is 33.6. The molecule has 0 aromatic rings. The van der Waals surface area contributed by atoms with Crippen molar-refractivity contribution in [1.82, 2.24) is 0 Å². The highest BCUT2D eigenvalue weighted by Gasteiger charge is 2.16. The summed E-state index contributed by atoms with van der Waals surface area (Å²) in [6, 6.07) is 0. The van der Waals surface area contributed by atoms with Crippen LogP contribution >= 0.6 is 0 Å². The molecule has 0 fully saturated rings. The van der Waals surface area contributed by atoms with E-state index in [1.165, 1.54) is 77.0 Å². The van der Waals surface area contributed by atoms with Crippen molar-refractivity contribution in [3.63, 3.8) is 0 Å². The molecule has 0 spiro atoms. The van der Waals surface area contributed by atoms with E-state index in [0.717, 1.165) is 64.2 Å². The second kappa shape index (κ2) is 37.1. The maximum atomic E-state index is 12.1. The third-order valence-corrected chi connectivity index (χ3v) is 7.78. The molecule has 264 valence electrons. The fraction of sp³-hybridized carbons (Fsp3) is 0.707. The summed E-state index contributed by atoms with van der Waals surface area (Å²) < 4.78 is 10.6. The third-order valence-electron chi connectivity index (χ3n) is 7.78. The average Bonchev–Trinajstić information content (AvgIpc) is 3.06. The predicted octanol–water partition coefficient (Wildman–Crippen LogP) is 11.6. The quantitative estimate of drug-likeness (QED) is 0.0438. The van der Waals surface area contributed by atoms with Crippen LogP contribution in [0, 0.1) is 0 Å². The van der Waals surface area contributed by atoms with Crippen molar-refractivity contribution in [1.29, 1.82) is 0 Å². The van der Waals surface area contributed by atoms with E-state index in [9.17, 15) is 14.7 Å². The lowest BCUT2D eigenvalue weighted by Crippen LogP contribution is -2.28. The van der Waals surface area contributed by atoms with Crippen molar-refractivity contribution in [3.05, 3.63) is 60.8 Å². The molecule has 1 atom stereocenters. The van der Waals surface area contributed by atoms with Crippen molar-refractivity contribution >= 4 is 11.9 Å². The van der Waals surface area contributed by atoms with Crippen molar-refractivity contribution in [2.45, 2.75) is 174 Å². The van der Waals surface area contributed by atoms with Crippen molar-refractivity contribution in [3.8, 4) is 0 Å². The van der Waals surface area contributed by atoms with Crippen LogP contribution in [-0.4, -0.2) is 36.4 Å². The Kier molecular flexibility index (Phi) is 35.1. The molecule has 1 N–H and O–H groups in total.